The summed E-state index contributed by atoms with van der Waals surface area (Å²) >= 11 is 0. The third kappa shape index (κ3) is 13.5. The van der Waals surface area contributed by atoms with E-state index in [-0.39, 0.29) is 43.5 Å². The van der Waals surface area contributed by atoms with Gasteiger partial charge in [-0.15, -0.1) is 0 Å². The molecule has 0 aromatic heterocycles. The molecule has 1 unspecified atom stereocenters. The van der Waals surface area contributed by atoms with Crippen LogP contribution in [0, 0.1) is 6.92 Å². The highest BCUT2D eigenvalue weighted by Crippen LogP contribution is 2.43. The fraction of sp³-hybridized carbons (Fsp3) is 0.433. The number of aliphatic imine (C=N–C) groups is 1. The smallest absolute Gasteiger partial charge is 0.277 e. The minimum atomic E-state index is -4.03. The third-order valence-corrected chi connectivity index (χ3v) is 19.7. The Morgan fingerprint density at radius 2 is 1.43 bits per heavy atom. The number of ether oxygens (including phenoxy) is 6. The molecule has 0 saturated heterocycles. The first-order valence-corrected chi connectivity index (χ1v) is 30.5. The van der Waals surface area contributed by atoms with Crippen molar-refractivity contribution in [1.82, 2.24) is 0 Å². The zero-order valence-corrected chi connectivity index (χ0v) is 48.4. The predicted molar refractivity (Wildman–Crippen MR) is 312 cm³/mol. The van der Waals surface area contributed by atoms with Crippen molar-refractivity contribution in [3.8, 4) is 17.2 Å². The van der Waals surface area contributed by atoms with Gasteiger partial charge in [0.15, 0.2) is 11.5 Å². The molecule has 0 spiro atoms. The van der Waals surface area contributed by atoms with Gasteiger partial charge in [-0.1, -0.05) is 58.0 Å². The predicted octanol–water partition coefficient (Wildman–Crippen LogP) is 9.94. The molecule has 0 N–H and O–H groups in total. The van der Waals surface area contributed by atoms with E-state index in [1.807, 2.05) is 72.6 Å². The van der Waals surface area contributed by atoms with Crippen molar-refractivity contribution >= 4 is 78.3 Å². The number of fused-ring (bicyclic) bond motifs is 8. The van der Waals surface area contributed by atoms with Gasteiger partial charge in [-0.05, 0) is 135 Å². The number of Topliss-reactive ketones (excluding diaryl/α,β-unsaturated/α-hetero) is 1. The number of anilines is 3. The van der Waals surface area contributed by atoms with Crippen molar-refractivity contribution in [2.45, 2.75) is 95.1 Å². The lowest BCUT2D eigenvalue weighted by Gasteiger charge is -2.34. The summed E-state index contributed by atoms with van der Waals surface area (Å²) in [7, 11) is 3.36. The summed E-state index contributed by atoms with van der Waals surface area (Å²) in [6, 6.07) is 29.7. The Kier molecular flexibility index (Phi) is 18.8. The molecule has 0 saturated carbocycles. The van der Waals surface area contributed by atoms with Crippen molar-refractivity contribution in [2.75, 3.05) is 87.9 Å². The lowest BCUT2D eigenvalue weighted by Crippen LogP contribution is -2.38. The Balaban J connectivity index is 0.996. The van der Waals surface area contributed by atoms with E-state index in [9.17, 15) is 22.8 Å². The minimum Gasteiger partial charge on any atom is -0.493 e. The van der Waals surface area contributed by atoms with Crippen molar-refractivity contribution < 1.29 is 55.4 Å². The minimum absolute atomic E-state index is 0.0199. The van der Waals surface area contributed by atoms with Crippen LogP contribution in [0.2, 0.25) is 0 Å². The van der Waals surface area contributed by atoms with Crippen molar-refractivity contribution in [2.24, 2.45) is 4.99 Å². The summed E-state index contributed by atoms with van der Waals surface area (Å²) in [5.41, 5.74) is 10.2. The summed E-state index contributed by atoms with van der Waals surface area (Å²) in [6.45, 7) is 11.0. The number of hydrogen-bond acceptors (Lipinski definition) is 16. The van der Waals surface area contributed by atoms with Gasteiger partial charge in [0.05, 0.1) is 64.5 Å². The number of carbonyl (C=O) groups excluding carboxylic acids is 3. The Morgan fingerprint density at radius 3 is 2.13 bits per heavy atom. The fourth-order valence-corrected chi connectivity index (χ4v) is 14.6. The number of benzene rings is 5. The molecule has 79 heavy (non-hydrogen) atoms. The van der Waals surface area contributed by atoms with Gasteiger partial charge in [-0.2, -0.15) is 8.42 Å². The lowest BCUT2D eigenvalue weighted by molar-refractivity contribution is -0.116. The first kappa shape index (κ1) is 57.7. The van der Waals surface area contributed by atoms with Crippen LogP contribution in [0.3, 0.4) is 0 Å². The van der Waals surface area contributed by atoms with Gasteiger partial charge in [-0.25, -0.2) is 0 Å². The standard InChI is InChI=1S/C60H70N4O12S3/c1-39-26-49-43(16-17-46-30-44-12-8-10-14-52(44)63(46)58(49)66)32-54(39)75-36-41-27-42(37-76-56-34-51-50(33-55(56)71-6)59(67)64-48(35-61-51)31-45-13-9-11-15-53(45)64)29-47(28-41)62(19-20-73-23-24-74-22-21-70-5)38-60(3,4)78-77-25-18-57(40(2)65)79(68,69)72-7/h8-15,26-29,32-35,46,48,57H,16-25,30-31,36-38H2,1-7H3/t46-,48+,57?/m1/s1. The third-order valence-electron chi connectivity index (χ3n) is 14.7. The van der Waals surface area contributed by atoms with E-state index >= 15 is 0 Å². The Labute approximate surface area is 472 Å². The van der Waals surface area contributed by atoms with Crippen LogP contribution in [0.1, 0.15) is 87.7 Å². The molecule has 5 aromatic carbocycles. The summed E-state index contributed by atoms with van der Waals surface area (Å²) in [6.07, 6.45) is 5.05. The molecule has 420 valence electrons. The van der Waals surface area contributed by atoms with Gasteiger partial charge in [-0.3, -0.25) is 28.5 Å². The van der Waals surface area contributed by atoms with E-state index in [1.54, 1.807) is 42.0 Å². The zero-order valence-electron chi connectivity index (χ0n) is 46.0. The Bertz CT molecular complexity index is 3190. The molecule has 3 atom stereocenters. The number of para-hydroxylation sites is 2. The molecule has 0 bridgehead atoms. The Morgan fingerprint density at radius 1 is 0.772 bits per heavy atom. The van der Waals surface area contributed by atoms with Gasteiger partial charge in [0.25, 0.3) is 21.9 Å². The fourth-order valence-electron chi connectivity index (χ4n) is 10.8. The first-order valence-electron chi connectivity index (χ1n) is 26.7. The molecule has 16 nitrogen and oxygen atoms in total. The van der Waals surface area contributed by atoms with Gasteiger partial charge in [0.2, 0.25) is 0 Å². The van der Waals surface area contributed by atoms with Crippen LogP contribution in [0.25, 0.3) is 0 Å². The maximum absolute atomic E-state index is 14.3. The van der Waals surface area contributed by atoms with Crippen LogP contribution in [0.15, 0.2) is 96.0 Å². The molecule has 2 amide bonds. The normalized spacial score (nSPS) is 16.7. The monoisotopic (exact) mass is 1130 g/mol. The van der Waals surface area contributed by atoms with E-state index in [2.05, 4.69) is 43.0 Å². The van der Waals surface area contributed by atoms with E-state index < -0.39 is 25.9 Å². The van der Waals surface area contributed by atoms with E-state index in [1.165, 1.54) is 23.3 Å². The van der Waals surface area contributed by atoms with Gasteiger partial charge in [0, 0.05) is 78.1 Å². The average molecular weight is 1140 g/mol. The van der Waals surface area contributed by atoms with Crippen molar-refractivity contribution in [3.05, 3.63) is 136 Å². The quantitative estimate of drug-likeness (QED) is 0.0276. The zero-order chi connectivity index (χ0) is 55.8. The van der Waals surface area contributed by atoms with Crippen molar-refractivity contribution in [3.63, 3.8) is 0 Å². The van der Waals surface area contributed by atoms with Crippen LogP contribution in [0.5, 0.6) is 17.2 Å². The van der Waals surface area contributed by atoms with Crippen LogP contribution >= 0.6 is 21.6 Å². The summed E-state index contributed by atoms with van der Waals surface area (Å²) in [5, 5.41) is -1.24. The average Bonchev–Trinajstić information content (AvgIpc) is 4.12. The highest BCUT2D eigenvalue weighted by atomic mass is 33.1. The number of amides is 2. The molecule has 0 radical (unpaired) electrons. The van der Waals surface area contributed by atoms with Crippen LogP contribution in [0.4, 0.5) is 22.7 Å². The molecule has 19 heteroatoms. The van der Waals surface area contributed by atoms with E-state index in [0.717, 1.165) is 71.3 Å². The first-order chi connectivity index (χ1) is 38.1. The topological polar surface area (TPSA) is 172 Å². The Hall–Kier alpha value is -5.93. The van der Waals surface area contributed by atoms with Crippen molar-refractivity contribution in [1.29, 1.82) is 0 Å². The number of rotatable bonds is 27. The second-order valence-electron chi connectivity index (χ2n) is 20.8. The number of carbonyl (C=O) groups is 3. The molecule has 9 rings (SSSR count). The number of nitrogens with zero attached hydrogens (tertiary/aromatic N) is 4. The van der Waals surface area contributed by atoms with Gasteiger partial charge < -0.3 is 38.2 Å². The molecular formula is C60H70N4O12S3. The molecule has 0 fully saturated rings. The van der Waals surface area contributed by atoms with E-state index in [4.69, 9.17) is 37.6 Å². The largest absolute Gasteiger partial charge is 0.493 e. The van der Waals surface area contributed by atoms with Crippen LogP contribution in [-0.4, -0.2) is 128 Å². The summed E-state index contributed by atoms with van der Waals surface area (Å²) in [5.74, 6) is 1.33. The van der Waals surface area contributed by atoms with Crippen LogP contribution in [-0.2, 0) is 65.8 Å². The number of methoxy groups -OCH3 is 2. The molecule has 4 aliphatic rings. The molecule has 4 heterocycles. The molecule has 5 aromatic rings. The molecule has 0 aliphatic carbocycles. The second-order valence-corrected chi connectivity index (χ2v) is 25.8. The van der Waals surface area contributed by atoms with E-state index in [0.29, 0.717) is 92.4 Å². The van der Waals surface area contributed by atoms with Gasteiger partial charge >= 0.3 is 0 Å². The number of ketones is 1. The lowest BCUT2D eigenvalue weighted by atomic mass is 9.98. The van der Waals surface area contributed by atoms with Gasteiger partial charge in [0.1, 0.15) is 30.0 Å². The molecule has 4 aliphatic heterocycles. The highest BCUT2D eigenvalue weighted by molar-refractivity contribution is 8.77. The molecular weight excluding hydrogens is 1060 g/mol. The summed E-state index contributed by atoms with van der Waals surface area (Å²) < 4.78 is 65.6. The number of aryl methyl sites for hydroxylation is 2. The maximum Gasteiger partial charge on any atom is 0.277 e. The SMILES string of the molecule is COCCOCCOCCN(CC(C)(C)SSCCC(C(C)=O)S(=O)(=O)OC)c1cc(COc2cc3c(cc2C)C(=O)N2c4ccccc4C[C@H]2CC3)cc(COc2cc3c(cc2OC)C(=O)N2c4ccccc4C[C@H]2C=N3)c1. The maximum atomic E-state index is 14.3. The highest BCUT2D eigenvalue weighted by Gasteiger charge is 2.39. The van der Waals surface area contributed by atoms with Crippen LogP contribution < -0.4 is 28.9 Å². The second kappa shape index (κ2) is 25.7. The summed E-state index contributed by atoms with van der Waals surface area (Å²) in [4.78, 5) is 51.7. The number of hydrogen-bond donors (Lipinski definition) is 0.